The number of carbonyl (C=O) groups is 2. The van der Waals surface area contributed by atoms with Gasteiger partial charge in [0, 0.05) is 18.1 Å². The maximum atomic E-state index is 12.7. The summed E-state index contributed by atoms with van der Waals surface area (Å²) in [6.45, 7) is 8.93. The number of hydrogen-bond acceptors (Lipinski definition) is 6. The molecule has 3 saturated carbocycles. The summed E-state index contributed by atoms with van der Waals surface area (Å²) in [5, 5.41) is 27.9. The number of terminal acetylenes is 1. The molecule has 5 rings (SSSR count). The lowest BCUT2D eigenvalue weighted by Crippen LogP contribution is -2.54. The first-order valence-electron chi connectivity index (χ1n) is 15.6. The third-order valence-electron chi connectivity index (χ3n) is 11.8. The molecule has 8 nitrogen and oxygen atoms in total. The average molecular weight is 569 g/mol. The van der Waals surface area contributed by atoms with Crippen molar-refractivity contribution >= 4 is 17.6 Å². The second-order valence-corrected chi connectivity index (χ2v) is 14.5. The lowest BCUT2D eigenvalue weighted by Gasteiger charge is -2.58. The molecule has 8 heteroatoms. The van der Waals surface area contributed by atoms with Crippen molar-refractivity contribution in [2.45, 2.75) is 116 Å². The van der Waals surface area contributed by atoms with E-state index in [9.17, 15) is 19.8 Å². The van der Waals surface area contributed by atoms with E-state index in [1.54, 1.807) is 0 Å². The van der Waals surface area contributed by atoms with E-state index in [1.807, 2.05) is 13.8 Å². The summed E-state index contributed by atoms with van der Waals surface area (Å²) >= 11 is 0. The van der Waals surface area contributed by atoms with Crippen molar-refractivity contribution in [1.82, 2.24) is 5.32 Å². The number of nitrogens with zero attached hydrogens (tertiary/aromatic N) is 1. The van der Waals surface area contributed by atoms with Gasteiger partial charge in [-0.2, -0.15) is 0 Å². The summed E-state index contributed by atoms with van der Waals surface area (Å²) in [6.07, 6.45) is 17.0. The molecule has 0 aromatic heterocycles. The summed E-state index contributed by atoms with van der Waals surface area (Å²) in [6, 6.07) is -0.471. The number of ether oxygens (including phenoxy) is 1. The van der Waals surface area contributed by atoms with Crippen molar-refractivity contribution in [3.05, 3.63) is 11.6 Å². The highest BCUT2D eigenvalue weighted by atomic mass is 16.6. The topological polar surface area (TPSA) is 117 Å². The van der Waals surface area contributed by atoms with Crippen LogP contribution in [0.3, 0.4) is 0 Å². The van der Waals surface area contributed by atoms with Crippen molar-refractivity contribution in [3.63, 3.8) is 0 Å². The maximum Gasteiger partial charge on any atom is 0.305 e. The lowest BCUT2D eigenvalue weighted by atomic mass is 9.46. The largest absolute Gasteiger partial charge is 0.481 e. The second-order valence-electron chi connectivity index (χ2n) is 14.5. The predicted octanol–water partition coefficient (Wildman–Crippen LogP) is 4.85. The Labute approximate surface area is 244 Å². The Bertz CT molecular complexity index is 1150. The average Bonchev–Trinajstić information content (AvgIpc) is 3.18. The van der Waals surface area contributed by atoms with Gasteiger partial charge in [0.1, 0.15) is 5.60 Å². The highest BCUT2D eigenvalue weighted by Crippen LogP contribution is 2.67. The minimum Gasteiger partial charge on any atom is -0.481 e. The fourth-order valence-electron chi connectivity index (χ4n) is 9.46. The van der Waals surface area contributed by atoms with E-state index >= 15 is 0 Å². The normalized spacial score (nSPS) is 41.2. The van der Waals surface area contributed by atoms with E-state index in [-0.39, 0.29) is 41.3 Å². The summed E-state index contributed by atoms with van der Waals surface area (Å²) < 4.78 is 5.77. The van der Waals surface area contributed by atoms with Gasteiger partial charge >= 0.3 is 5.97 Å². The van der Waals surface area contributed by atoms with Crippen LogP contribution in [-0.4, -0.2) is 58.3 Å². The van der Waals surface area contributed by atoms with Gasteiger partial charge in [-0.3, -0.25) is 9.59 Å². The van der Waals surface area contributed by atoms with Crippen LogP contribution in [0.15, 0.2) is 16.8 Å². The zero-order valence-corrected chi connectivity index (χ0v) is 25.2. The number of aliphatic hydroxyl groups is 1. The number of hydrogen-bond donors (Lipinski definition) is 3. The van der Waals surface area contributed by atoms with Crippen LogP contribution in [0.2, 0.25) is 0 Å². The van der Waals surface area contributed by atoms with Crippen molar-refractivity contribution in [2.75, 3.05) is 13.2 Å². The van der Waals surface area contributed by atoms with Crippen LogP contribution in [0.1, 0.15) is 98.3 Å². The van der Waals surface area contributed by atoms with E-state index in [4.69, 9.17) is 16.0 Å². The Hall–Kier alpha value is -2.37. The first-order chi connectivity index (χ1) is 19.3. The summed E-state index contributed by atoms with van der Waals surface area (Å²) in [5.41, 5.74) is 0.883. The molecular weight excluding hydrogens is 520 g/mol. The molecule has 1 heterocycles. The van der Waals surface area contributed by atoms with Crippen molar-refractivity contribution in [1.29, 1.82) is 0 Å². The smallest absolute Gasteiger partial charge is 0.305 e. The molecular formula is C33H48N2O6. The Kier molecular flexibility index (Phi) is 8.10. The van der Waals surface area contributed by atoms with Gasteiger partial charge < -0.3 is 25.1 Å². The standard InChI is InChI=1S/C33H48N2O6/c1-6-33(39)15-11-26-24-8-7-22-17-23(9-13-31(22,4)25(24)10-14-32(26,33)5)35-41-20-28(36)34-27(18-29(37)38)21-12-16-40-30(2,3)19-21/h1,17,21,24-27,39H,7-16,18-20H2,2-5H3,(H,34,36)(H,37,38)/b35-23+/t21?,24?,25?,26?,27?,31-,32-,33-/m0/s1. The Morgan fingerprint density at radius 3 is 2.61 bits per heavy atom. The van der Waals surface area contributed by atoms with Crippen LogP contribution >= 0.6 is 0 Å². The highest BCUT2D eigenvalue weighted by molar-refractivity contribution is 5.96. The van der Waals surface area contributed by atoms with E-state index in [2.05, 4.69) is 36.3 Å². The molecule has 0 bridgehead atoms. The molecule has 1 saturated heterocycles. The molecule has 0 spiro atoms. The number of fused-ring (bicyclic) bond motifs is 5. The highest BCUT2D eigenvalue weighted by Gasteiger charge is 2.63. The molecule has 0 aromatic carbocycles. The summed E-state index contributed by atoms with van der Waals surface area (Å²) in [5.74, 6) is 3.14. The van der Waals surface area contributed by atoms with Gasteiger partial charge in [-0.15, -0.1) is 6.42 Å². The van der Waals surface area contributed by atoms with E-state index in [0.29, 0.717) is 43.6 Å². The van der Waals surface area contributed by atoms with Gasteiger partial charge in [-0.25, -0.2) is 0 Å². The Morgan fingerprint density at radius 2 is 1.90 bits per heavy atom. The van der Waals surface area contributed by atoms with Crippen molar-refractivity contribution in [2.24, 2.45) is 39.7 Å². The zero-order valence-electron chi connectivity index (χ0n) is 25.2. The van der Waals surface area contributed by atoms with Crippen LogP contribution in [0.5, 0.6) is 0 Å². The number of carboxylic acids is 1. The fraction of sp³-hybridized carbons (Fsp3) is 0.788. The summed E-state index contributed by atoms with van der Waals surface area (Å²) in [4.78, 5) is 29.7. The van der Waals surface area contributed by atoms with Crippen LogP contribution in [-0.2, 0) is 19.2 Å². The van der Waals surface area contributed by atoms with Crippen molar-refractivity contribution in [3.8, 4) is 12.3 Å². The maximum absolute atomic E-state index is 12.7. The van der Waals surface area contributed by atoms with Gasteiger partial charge in [-0.05, 0) is 113 Å². The number of carbonyl (C=O) groups excluding carboxylic acids is 1. The van der Waals surface area contributed by atoms with Gasteiger partial charge in [0.2, 0.25) is 0 Å². The third-order valence-corrected chi connectivity index (χ3v) is 11.8. The monoisotopic (exact) mass is 568 g/mol. The number of nitrogens with one attached hydrogen (secondary N) is 1. The number of carboxylic acid groups (broad SMARTS) is 1. The minimum atomic E-state index is -0.981. The van der Waals surface area contributed by atoms with Crippen LogP contribution in [0.4, 0.5) is 0 Å². The molecule has 226 valence electrons. The van der Waals surface area contributed by atoms with E-state index in [0.717, 1.165) is 50.7 Å². The predicted molar refractivity (Wildman–Crippen MR) is 156 cm³/mol. The molecule has 41 heavy (non-hydrogen) atoms. The molecule has 0 aromatic rings. The minimum absolute atomic E-state index is 0.0308. The van der Waals surface area contributed by atoms with Gasteiger partial charge in [0.05, 0.1) is 17.7 Å². The van der Waals surface area contributed by atoms with Crippen LogP contribution < -0.4 is 5.32 Å². The molecule has 5 aliphatic rings. The third kappa shape index (κ3) is 5.57. The zero-order chi connectivity index (χ0) is 29.6. The molecule has 4 fully saturated rings. The summed E-state index contributed by atoms with van der Waals surface area (Å²) in [7, 11) is 0. The fourth-order valence-corrected chi connectivity index (χ4v) is 9.46. The van der Waals surface area contributed by atoms with E-state index in [1.165, 1.54) is 5.57 Å². The van der Waals surface area contributed by atoms with E-state index < -0.39 is 17.6 Å². The van der Waals surface area contributed by atoms with Gasteiger partial charge in [0.25, 0.3) is 5.91 Å². The molecule has 8 atom stereocenters. The first-order valence-corrected chi connectivity index (χ1v) is 15.6. The molecule has 1 aliphatic heterocycles. The molecule has 3 N–H and O–H groups in total. The SMILES string of the molecule is C#C[C@]1(O)CCC2C3CCC4=C/C(=N/OCC(=O)NC(CC(=O)O)C5CCOC(C)(C)C5)CC[C@]4(C)C3CC[C@@]21C. The lowest BCUT2D eigenvalue weighted by molar-refractivity contribution is -0.139. The molecule has 4 aliphatic carbocycles. The number of amides is 1. The quantitative estimate of drug-likeness (QED) is 0.299. The van der Waals surface area contributed by atoms with Gasteiger partial charge in [0.15, 0.2) is 6.61 Å². The number of rotatable bonds is 7. The van der Waals surface area contributed by atoms with Gasteiger partial charge in [-0.1, -0.05) is 30.5 Å². The van der Waals surface area contributed by atoms with Crippen LogP contribution in [0, 0.1) is 46.8 Å². The van der Waals surface area contributed by atoms with Crippen molar-refractivity contribution < 1.29 is 29.4 Å². The Balaban J connectivity index is 1.19. The number of allylic oxidation sites excluding steroid dienone is 2. The number of oxime groups is 1. The number of aliphatic carboxylic acids is 1. The molecule has 5 unspecified atom stereocenters. The first kappa shape index (κ1) is 30.1. The molecule has 1 amide bonds. The van der Waals surface area contributed by atoms with Crippen LogP contribution in [0.25, 0.3) is 0 Å². The second kappa shape index (κ2) is 11.0. The Morgan fingerprint density at radius 1 is 1.15 bits per heavy atom. The molecule has 0 radical (unpaired) electrons.